The van der Waals surface area contributed by atoms with E-state index in [0.717, 1.165) is 6.42 Å². The summed E-state index contributed by atoms with van der Waals surface area (Å²) in [6.07, 6.45) is 30.6. The van der Waals surface area contributed by atoms with Gasteiger partial charge in [-0.1, -0.05) is 121 Å². The maximum atomic E-state index is 10.8. The normalized spacial score (nSPS) is 12.5. The average molecular weight is 362 g/mol. The standard InChI is InChI=1S/C24H43NO/c1-3-4-5-6-7-8-9-10-11-12-13-14-15-16-17-18-19-20-21-22-23(2)24(25)26/h18-22H,3-17H2,1-2H3,(H2,25,26)/b19-18+,21-20+,23-22+. The van der Waals surface area contributed by atoms with Gasteiger partial charge >= 0.3 is 0 Å². The van der Waals surface area contributed by atoms with Crippen molar-refractivity contribution in [3.63, 3.8) is 0 Å². The summed E-state index contributed by atoms with van der Waals surface area (Å²) in [5.74, 6) is -0.360. The second-order valence-electron chi connectivity index (χ2n) is 7.41. The van der Waals surface area contributed by atoms with E-state index in [1.807, 2.05) is 18.2 Å². The lowest BCUT2D eigenvalue weighted by atomic mass is 10.0. The predicted octanol–water partition coefficient (Wildman–Crippen LogP) is 7.40. The quantitative estimate of drug-likeness (QED) is 0.154. The zero-order valence-corrected chi connectivity index (χ0v) is 17.5. The van der Waals surface area contributed by atoms with Gasteiger partial charge in [-0.2, -0.15) is 0 Å². The van der Waals surface area contributed by atoms with E-state index in [4.69, 9.17) is 5.73 Å². The molecule has 0 saturated carbocycles. The molecule has 0 fully saturated rings. The SMILES string of the molecule is CCCCCCCCCCCCCCCC/C=C/C=C/C=C(\C)C(N)=O. The minimum Gasteiger partial charge on any atom is -0.366 e. The van der Waals surface area contributed by atoms with Crippen LogP contribution in [0.25, 0.3) is 0 Å². The summed E-state index contributed by atoms with van der Waals surface area (Å²) in [6.45, 7) is 4.01. The van der Waals surface area contributed by atoms with Gasteiger partial charge in [-0.3, -0.25) is 4.79 Å². The summed E-state index contributed by atoms with van der Waals surface area (Å²) in [7, 11) is 0. The van der Waals surface area contributed by atoms with Gasteiger partial charge in [-0.15, -0.1) is 0 Å². The zero-order valence-electron chi connectivity index (χ0n) is 17.5. The number of amides is 1. The summed E-state index contributed by atoms with van der Waals surface area (Å²) < 4.78 is 0. The molecule has 0 heterocycles. The molecule has 1 amide bonds. The maximum absolute atomic E-state index is 10.8. The summed E-state index contributed by atoms with van der Waals surface area (Å²) in [4.78, 5) is 10.8. The zero-order chi connectivity index (χ0) is 19.3. The molecule has 2 N–H and O–H groups in total. The van der Waals surface area contributed by atoms with Crippen LogP contribution in [0, 0.1) is 0 Å². The van der Waals surface area contributed by atoms with Gasteiger partial charge in [0.15, 0.2) is 0 Å². The third kappa shape index (κ3) is 19.0. The first-order valence-corrected chi connectivity index (χ1v) is 11.0. The Hall–Kier alpha value is -1.31. The fourth-order valence-electron chi connectivity index (χ4n) is 2.98. The molecule has 0 atom stereocenters. The molecular formula is C24H43NO. The number of allylic oxidation sites excluding steroid dienone is 5. The molecule has 0 spiro atoms. The lowest BCUT2D eigenvalue weighted by molar-refractivity contribution is -0.114. The highest BCUT2D eigenvalue weighted by Gasteiger charge is 1.94. The summed E-state index contributed by atoms with van der Waals surface area (Å²) in [6, 6.07) is 0. The molecule has 2 heteroatoms. The first kappa shape index (κ1) is 24.7. The van der Waals surface area contributed by atoms with Crippen LogP contribution in [0.1, 0.15) is 110 Å². The van der Waals surface area contributed by atoms with Crippen LogP contribution >= 0.6 is 0 Å². The number of nitrogens with two attached hydrogens (primary N) is 1. The second-order valence-corrected chi connectivity index (χ2v) is 7.41. The largest absolute Gasteiger partial charge is 0.366 e. The van der Waals surface area contributed by atoms with Crippen LogP contribution in [0.2, 0.25) is 0 Å². The molecule has 0 aromatic carbocycles. The van der Waals surface area contributed by atoms with Crippen molar-refractivity contribution in [3.8, 4) is 0 Å². The van der Waals surface area contributed by atoms with Crippen LogP contribution in [0.3, 0.4) is 0 Å². The van der Waals surface area contributed by atoms with Gasteiger partial charge in [0, 0.05) is 5.57 Å². The van der Waals surface area contributed by atoms with E-state index in [2.05, 4.69) is 13.0 Å². The molecule has 0 aliphatic heterocycles. The minimum absolute atomic E-state index is 0.360. The monoisotopic (exact) mass is 361 g/mol. The number of unbranched alkanes of at least 4 members (excludes halogenated alkanes) is 14. The number of rotatable bonds is 18. The topological polar surface area (TPSA) is 43.1 Å². The van der Waals surface area contributed by atoms with Gasteiger partial charge in [-0.25, -0.2) is 0 Å². The molecule has 2 nitrogen and oxygen atoms in total. The molecule has 26 heavy (non-hydrogen) atoms. The number of hydrogen-bond donors (Lipinski definition) is 1. The van der Waals surface area contributed by atoms with E-state index in [1.165, 1.54) is 89.9 Å². The van der Waals surface area contributed by atoms with Crippen molar-refractivity contribution in [1.29, 1.82) is 0 Å². The molecule has 0 aliphatic rings. The molecule has 0 aliphatic carbocycles. The van der Waals surface area contributed by atoms with Crippen molar-refractivity contribution in [2.45, 2.75) is 110 Å². The van der Waals surface area contributed by atoms with E-state index in [-0.39, 0.29) is 5.91 Å². The van der Waals surface area contributed by atoms with Crippen molar-refractivity contribution in [2.75, 3.05) is 0 Å². The number of primary amides is 1. The van der Waals surface area contributed by atoms with Gasteiger partial charge in [-0.05, 0) is 19.8 Å². The van der Waals surface area contributed by atoms with Gasteiger partial charge in [0.05, 0.1) is 0 Å². The van der Waals surface area contributed by atoms with Gasteiger partial charge < -0.3 is 5.73 Å². The summed E-state index contributed by atoms with van der Waals surface area (Å²) >= 11 is 0. The lowest BCUT2D eigenvalue weighted by Crippen LogP contribution is -2.11. The highest BCUT2D eigenvalue weighted by molar-refractivity contribution is 5.91. The number of carbonyl (C=O) groups excluding carboxylic acids is 1. The summed E-state index contributed by atoms with van der Waals surface area (Å²) in [5.41, 5.74) is 5.74. The molecule has 0 bridgehead atoms. The maximum Gasteiger partial charge on any atom is 0.244 e. The van der Waals surface area contributed by atoms with Crippen molar-refractivity contribution in [3.05, 3.63) is 36.0 Å². The first-order chi connectivity index (χ1) is 12.7. The number of carbonyl (C=O) groups is 1. The molecular weight excluding hydrogens is 318 g/mol. The van der Waals surface area contributed by atoms with Crippen LogP contribution in [0.4, 0.5) is 0 Å². The van der Waals surface area contributed by atoms with E-state index in [0.29, 0.717) is 5.57 Å². The molecule has 0 unspecified atom stereocenters. The van der Waals surface area contributed by atoms with Gasteiger partial charge in [0.25, 0.3) is 0 Å². The van der Waals surface area contributed by atoms with Crippen molar-refractivity contribution < 1.29 is 4.79 Å². The average Bonchev–Trinajstić information content (AvgIpc) is 2.63. The van der Waals surface area contributed by atoms with Gasteiger partial charge in [0.1, 0.15) is 0 Å². The molecule has 0 radical (unpaired) electrons. The highest BCUT2D eigenvalue weighted by Crippen LogP contribution is 2.13. The van der Waals surface area contributed by atoms with E-state index >= 15 is 0 Å². The van der Waals surface area contributed by atoms with Crippen molar-refractivity contribution in [1.82, 2.24) is 0 Å². The molecule has 150 valence electrons. The number of hydrogen-bond acceptors (Lipinski definition) is 1. The summed E-state index contributed by atoms with van der Waals surface area (Å²) in [5, 5.41) is 0. The Morgan fingerprint density at radius 2 is 1.15 bits per heavy atom. The molecule has 0 aromatic heterocycles. The Labute approximate surface area is 163 Å². The van der Waals surface area contributed by atoms with Crippen LogP contribution in [-0.2, 0) is 4.79 Å². The third-order valence-corrected chi connectivity index (χ3v) is 4.82. The fourth-order valence-corrected chi connectivity index (χ4v) is 2.98. The smallest absolute Gasteiger partial charge is 0.244 e. The lowest BCUT2D eigenvalue weighted by Gasteiger charge is -2.02. The van der Waals surface area contributed by atoms with Crippen LogP contribution in [0.5, 0.6) is 0 Å². The van der Waals surface area contributed by atoms with Crippen molar-refractivity contribution >= 4 is 5.91 Å². The van der Waals surface area contributed by atoms with Gasteiger partial charge in [0.2, 0.25) is 5.91 Å². The van der Waals surface area contributed by atoms with E-state index in [1.54, 1.807) is 13.0 Å². The van der Waals surface area contributed by atoms with Crippen LogP contribution in [0.15, 0.2) is 36.0 Å². The van der Waals surface area contributed by atoms with Crippen LogP contribution < -0.4 is 5.73 Å². The fraction of sp³-hybridized carbons (Fsp3) is 0.708. The van der Waals surface area contributed by atoms with E-state index in [9.17, 15) is 4.79 Å². The Balaban J connectivity index is 3.26. The Bertz CT molecular complexity index is 406. The second kappa shape index (κ2) is 20.0. The highest BCUT2D eigenvalue weighted by atomic mass is 16.1. The Morgan fingerprint density at radius 3 is 1.62 bits per heavy atom. The van der Waals surface area contributed by atoms with Crippen LogP contribution in [-0.4, -0.2) is 5.91 Å². The minimum atomic E-state index is -0.360. The molecule has 0 rings (SSSR count). The molecule has 0 aromatic rings. The van der Waals surface area contributed by atoms with Crippen molar-refractivity contribution in [2.24, 2.45) is 5.73 Å². The van der Waals surface area contributed by atoms with E-state index < -0.39 is 0 Å². The third-order valence-electron chi connectivity index (χ3n) is 4.82. The first-order valence-electron chi connectivity index (χ1n) is 11.0. The Morgan fingerprint density at radius 1 is 0.692 bits per heavy atom. The Kier molecular flexibility index (Phi) is 19.0. The predicted molar refractivity (Wildman–Crippen MR) is 116 cm³/mol. The molecule has 0 saturated heterocycles.